The first kappa shape index (κ1) is 23.7. The van der Waals surface area contributed by atoms with E-state index in [1.54, 1.807) is 27.8 Å². The Morgan fingerprint density at radius 1 is 1.06 bits per heavy atom. The number of aromatic nitrogens is 3. The smallest absolute Gasteiger partial charge is 0.410 e. The molecule has 0 spiro atoms. The molecule has 180 valence electrons. The second kappa shape index (κ2) is 9.80. The number of pyridine rings is 1. The van der Waals surface area contributed by atoms with Crippen LogP contribution in [0.15, 0.2) is 47.4 Å². The predicted octanol–water partition coefficient (Wildman–Crippen LogP) is 3.23. The van der Waals surface area contributed by atoms with Crippen molar-refractivity contribution in [2.75, 3.05) is 32.8 Å². The Morgan fingerprint density at radius 2 is 1.79 bits per heavy atom. The van der Waals surface area contributed by atoms with Crippen LogP contribution in [-0.2, 0) is 11.3 Å². The minimum atomic E-state index is -0.527. The van der Waals surface area contributed by atoms with Gasteiger partial charge in [-0.25, -0.2) is 14.8 Å². The van der Waals surface area contributed by atoms with Gasteiger partial charge in [-0.05, 0) is 52.0 Å². The van der Waals surface area contributed by atoms with Crippen molar-refractivity contribution in [3.8, 4) is 11.6 Å². The average Bonchev–Trinajstić information content (AvgIpc) is 2.80. The van der Waals surface area contributed by atoms with E-state index < -0.39 is 5.60 Å². The molecule has 34 heavy (non-hydrogen) atoms. The lowest BCUT2D eigenvalue weighted by Gasteiger charge is -2.35. The van der Waals surface area contributed by atoms with E-state index in [-0.39, 0.29) is 11.7 Å². The number of rotatable bonds is 5. The first-order chi connectivity index (χ1) is 16.3. The Kier molecular flexibility index (Phi) is 6.83. The van der Waals surface area contributed by atoms with Gasteiger partial charge < -0.3 is 14.4 Å². The van der Waals surface area contributed by atoms with Gasteiger partial charge in [0.1, 0.15) is 17.1 Å². The van der Waals surface area contributed by atoms with E-state index in [1.807, 2.05) is 52.0 Å². The number of hydrogen-bond acceptors (Lipinski definition) is 7. The lowest BCUT2D eigenvalue weighted by Crippen LogP contribution is -2.50. The van der Waals surface area contributed by atoms with E-state index in [0.717, 1.165) is 0 Å². The third-order valence-corrected chi connectivity index (χ3v) is 5.51. The van der Waals surface area contributed by atoms with Crippen molar-refractivity contribution >= 4 is 17.0 Å². The second-order valence-electron chi connectivity index (χ2n) is 9.19. The monoisotopic (exact) mass is 465 g/mol. The summed E-state index contributed by atoms with van der Waals surface area (Å²) in [5.41, 5.74) is 0.520. The summed E-state index contributed by atoms with van der Waals surface area (Å²) < 4.78 is 12.8. The summed E-state index contributed by atoms with van der Waals surface area (Å²) in [4.78, 5) is 39.1. The first-order valence-corrected chi connectivity index (χ1v) is 11.6. The Balaban J connectivity index is 1.64. The normalized spacial score (nSPS) is 14.9. The van der Waals surface area contributed by atoms with Crippen LogP contribution in [0.2, 0.25) is 0 Å². The van der Waals surface area contributed by atoms with Crippen molar-refractivity contribution in [2.45, 2.75) is 39.8 Å². The molecule has 2 aromatic heterocycles. The molecule has 1 fully saturated rings. The van der Waals surface area contributed by atoms with Crippen molar-refractivity contribution in [3.05, 3.63) is 58.8 Å². The van der Waals surface area contributed by atoms with Gasteiger partial charge in [-0.15, -0.1) is 0 Å². The quantitative estimate of drug-likeness (QED) is 0.571. The third-order valence-electron chi connectivity index (χ3n) is 5.51. The van der Waals surface area contributed by atoms with Crippen molar-refractivity contribution in [1.29, 1.82) is 0 Å². The van der Waals surface area contributed by atoms with Crippen molar-refractivity contribution in [2.24, 2.45) is 0 Å². The number of ether oxygens (including phenoxy) is 2. The number of benzene rings is 1. The third kappa shape index (κ3) is 5.20. The summed E-state index contributed by atoms with van der Waals surface area (Å²) >= 11 is 0. The number of amides is 1. The minimum Gasteiger partial charge on any atom is -0.476 e. The van der Waals surface area contributed by atoms with Crippen molar-refractivity contribution in [1.82, 2.24) is 24.3 Å². The van der Waals surface area contributed by atoms with Crippen LogP contribution in [-0.4, -0.2) is 68.8 Å². The molecule has 0 N–H and O–H groups in total. The van der Waals surface area contributed by atoms with E-state index in [9.17, 15) is 9.59 Å². The van der Waals surface area contributed by atoms with Crippen LogP contribution in [0.4, 0.5) is 4.79 Å². The molecule has 9 nitrogen and oxygen atoms in total. The van der Waals surface area contributed by atoms with Crippen LogP contribution < -0.4 is 10.3 Å². The molecule has 1 aromatic carbocycles. The first-order valence-electron chi connectivity index (χ1n) is 11.6. The molecule has 0 radical (unpaired) electrons. The Labute approximate surface area is 198 Å². The highest BCUT2D eigenvalue weighted by atomic mass is 16.6. The maximum atomic E-state index is 13.6. The number of carbonyl (C=O) groups excluding carboxylic acids is 1. The van der Waals surface area contributed by atoms with E-state index >= 15 is 0 Å². The molecule has 1 saturated heterocycles. The zero-order valence-electron chi connectivity index (χ0n) is 20.2. The Hall–Kier alpha value is -3.46. The maximum Gasteiger partial charge on any atom is 0.410 e. The van der Waals surface area contributed by atoms with Gasteiger partial charge in [0.2, 0.25) is 5.88 Å². The van der Waals surface area contributed by atoms with Crippen LogP contribution >= 0.6 is 0 Å². The summed E-state index contributed by atoms with van der Waals surface area (Å²) in [5, 5.41) is 0.535. The molecular weight excluding hydrogens is 434 g/mol. The minimum absolute atomic E-state index is 0.165. The molecule has 0 bridgehead atoms. The number of fused-ring (bicyclic) bond motifs is 1. The van der Waals surface area contributed by atoms with Crippen LogP contribution in [0.5, 0.6) is 5.88 Å². The fourth-order valence-corrected chi connectivity index (χ4v) is 3.95. The lowest BCUT2D eigenvalue weighted by molar-refractivity contribution is 0.0136. The zero-order valence-corrected chi connectivity index (χ0v) is 20.2. The lowest BCUT2D eigenvalue weighted by atomic mass is 10.2. The maximum absolute atomic E-state index is 13.6. The summed E-state index contributed by atoms with van der Waals surface area (Å²) in [6.07, 6.45) is 1.34. The second-order valence-corrected chi connectivity index (χ2v) is 9.19. The van der Waals surface area contributed by atoms with Gasteiger partial charge in [-0.3, -0.25) is 14.3 Å². The molecular formula is C25H31N5O4. The van der Waals surface area contributed by atoms with E-state index in [2.05, 4.69) is 9.88 Å². The molecule has 0 unspecified atom stereocenters. The van der Waals surface area contributed by atoms with Crippen LogP contribution in [0, 0.1) is 0 Å². The molecule has 1 aliphatic heterocycles. The number of para-hydroxylation sites is 1. The number of piperazine rings is 1. The summed E-state index contributed by atoms with van der Waals surface area (Å²) in [6.45, 7) is 10.7. The van der Waals surface area contributed by atoms with Gasteiger partial charge in [0.25, 0.3) is 5.56 Å². The van der Waals surface area contributed by atoms with Crippen LogP contribution in [0.25, 0.3) is 16.6 Å². The Bertz CT molecular complexity index is 1230. The molecule has 0 aliphatic carbocycles. The molecule has 0 saturated carbocycles. The zero-order chi connectivity index (χ0) is 24.3. The van der Waals surface area contributed by atoms with Crippen molar-refractivity contribution in [3.63, 3.8) is 0 Å². The molecule has 3 aromatic rings. The highest BCUT2D eigenvalue weighted by Crippen LogP contribution is 2.22. The van der Waals surface area contributed by atoms with Gasteiger partial charge in [0.05, 0.1) is 24.1 Å². The topological polar surface area (TPSA) is 89.8 Å². The molecule has 9 heteroatoms. The molecule has 3 heterocycles. The van der Waals surface area contributed by atoms with Gasteiger partial charge in [-0.1, -0.05) is 12.1 Å². The average molecular weight is 466 g/mol. The number of hydrogen-bond donors (Lipinski definition) is 0. The summed E-state index contributed by atoms with van der Waals surface area (Å²) in [6, 6.07) is 10.9. The van der Waals surface area contributed by atoms with Crippen LogP contribution in [0.1, 0.15) is 33.5 Å². The standard InChI is InChI=1S/C25H31N5O4/c1-5-33-22-20(11-8-12-26-22)30-21(27-19-10-7-6-9-18(19)23(30)31)17-28-13-15-29(16-14-28)24(32)34-25(2,3)4/h6-12H,5,13-17H2,1-4H3. The van der Waals surface area contributed by atoms with Crippen molar-refractivity contribution < 1.29 is 14.3 Å². The van der Waals surface area contributed by atoms with E-state index in [0.29, 0.717) is 67.6 Å². The van der Waals surface area contributed by atoms with Crippen LogP contribution in [0.3, 0.4) is 0 Å². The molecule has 4 rings (SSSR count). The van der Waals surface area contributed by atoms with Gasteiger partial charge in [0, 0.05) is 32.4 Å². The highest BCUT2D eigenvalue weighted by molar-refractivity contribution is 5.78. The largest absolute Gasteiger partial charge is 0.476 e. The molecule has 1 amide bonds. The van der Waals surface area contributed by atoms with Gasteiger partial charge >= 0.3 is 6.09 Å². The summed E-state index contributed by atoms with van der Waals surface area (Å²) in [7, 11) is 0. The van der Waals surface area contributed by atoms with Gasteiger partial charge in [-0.2, -0.15) is 0 Å². The van der Waals surface area contributed by atoms with E-state index in [4.69, 9.17) is 14.5 Å². The van der Waals surface area contributed by atoms with Gasteiger partial charge in [0.15, 0.2) is 0 Å². The molecule has 0 atom stereocenters. The van der Waals surface area contributed by atoms with E-state index in [1.165, 1.54) is 0 Å². The fraction of sp³-hybridized carbons (Fsp3) is 0.440. The Morgan fingerprint density at radius 3 is 2.50 bits per heavy atom. The molecule has 1 aliphatic rings. The fourth-order valence-electron chi connectivity index (χ4n) is 3.95. The summed E-state index contributed by atoms with van der Waals surface area (Å²) in [5.74, 6) is 0.989. The predicted molar refractivity (Wildman–Crippen MR) is 129 cm³/mol. The SMILES string of the molecule is CCOc1ncccc1-n1c(CN2CCN(C(=O)OC(C)(C)C)CC2)nc2ccccc2c1=O. The highest BCUT2D eigenvalue weighted by Gasteiger charge is 2.27. The number of nitrogens with zero attached hydrogens (tertiary/aromatic N) is 5. The number of carbonyl (C=O) groups is 1.